The molecule has 6 nitrogen and oxygen atoms in total. The molecule has 2 rings (SSSR count). The molecule has 0 radical (unpaired) electrons. The van der Waals surface area contributed by atoms with E-state index in [-0.39, 0.29) is 18.4 Å². The standard InChI is InChI=1S/C24H42N2O4S/c1-4-5-10-15-25-23(31)24(2,3)22(29)26-16-18-17(19-13-14-20(18)30-19)11-8-6-7-9-12-21(27)28/h17-20H,4-16H2,1-3H3,(H,25,31)(H,26,29)(H,27,28). The summed E-state index contributed by atoms with van der Waals surface area (Å²) in [4.78, 5) is 24.2. The zero-order valence-electron chi connectivity index (χ0n) is 19.6. The fourth-order valence-electron chi connectivity index (χ4n) is 4.90. The minimum absolute atomic E-state index is 0.0179. The minimum Gasteiger partial charge on any atom is -0.481 e. The first kappa shape index (κ1) is 26.0. The summed E-state index contributed by atoms with van der Waals surface area (Å²) in [7, 11) is 0. The number of hydrogen-bond donors (Lipinski definition) is 3. The van der Waals surface area contributed by atoms with Crippen LogP contribution in [0.15, 0.2) is 0 Å². The third-order valence-electron chi connectivity index (χ3n) is 6.97. The SMILES string of the molecule is CCCCCNC(=S)C(C)(C)C(=O)NCC1C2CCC(O2)C1CCCCCCC(=O)O. The topological polar surface area (TPSA) is 87.7 Å². The average Bonchev–Trinajstić information content (AvgIpc) is 3.33. The van der Waals surface area contributed by atoms with Crippen molar-refractivity contribution in [1.29, 1.82) is 0 Å². The van der Waals surface area contributed by atoms with Crippen LogP contribution < -0.4 is 10.6 Å². The number of carbonyl (C=O) groups is 2. The van der Waals surface area contributed by atoms with Gasteiger partial charge in [-0.2, -0.15) is 0 Å². The van der Waals surface area contributed by atoms with Crippen molar-refractivity contribution < 1.29 is 19.4 Å². The van der Waals surface area contributed by atoms with Crippen molar-refractivity contribution >= 4 is 29.1 Å². The Hall–Kier alpha value is -1.21. The van der Waals surface area contributed by atoms with Crippen LogP contribution in [0.5, 0.6) is 0 Å². The number of thiocarbonyl (C=S) groups is 1. The Balaban J connectivity index is 1.77. The third-order valence-corrected chi connectivity index (χ3v) is 7.62. The molecule has 3 N–H and O–H groups in total. The fraction of sp³-hybridized carbons (Fsp3) is 0.875. The molecule has 2 fully saturated rings. The molecule has 0 aliphatic carbocycles. The molecule has 0 saturated carbocycles. The van der Waals surface area contributed by atoms with Gasteiger partial charge in [-0.1, -0.05) is 51.2 Å². The van der Waals surface area contributed by atoms with E-state index in [1.165, 1.54) is 0 Å². The predicted octanol–water partition coefficient (Wildman–Crippen LogP) is 4.45. The Morgan fingerprint density at radius 1 is 1.00 bits per heavy atom. The summed E-state index contributed by atoms with van der Waals surface area (Å²) < 4.78 is 6.18. The molecule has 0 aromatic rings. The summed E-state index contributed by atoms with van der Waals surface area (Å²) in [5.74, 6) is 0.121. The van der Waals surface area contributed by atoms with Gasteiger partial charge >= 0.3 is 5.97 Å². The number of nitrogens with one attached hydrogen (secondary N) is 2. The number of rotatable bonds is 15. The van der Waals surface area contributed by atoms with Crippen LogP contribution in [0, 0.1) is 17.3 Å². The summed E-state index contributed by atoms with van der Waals surface area (Å²) >= 11 is 5.52. The predicted molar refractivity (Wildman–Crippen MR) is 127 cm³/mol. The maximum absolute atomic E-state index is 12.9. The number of aliphatic carboxylic acids is 1. The van der Waals surface area contributed by atoms with E-state index in [4.69, 9.17) is 22.1 Å². The third kappa shape index (κ3) is 7.70. The van der Waals surface area contributed by atoms with Gasteiger partial charge in [0.05, 0.1) is 22.6 Å². The second-order valence-electron chi connectivity index (χ2n) is 9.76. The van der Waals surface area contributed by atoms with Crippen LogP contribution in [0.25, 0.3) is 0 Å². The van der Waals surface area contributed by atoms with Gasteiger partial charge in [0.25, 0.3) is 0 Å². The zero-order chi connectivity index (χ0) is 22.9. The molecule has 0 aromatic carbocycles. The highest BCUT2D eigenvalue weighted by Gasteiger charge is 2.48. The second kappa shape index (κ2) is 12.7. The van der Waals surface area contributed by atoms with Gasteiger partial charge in [0.1, 0.15) is 0 Å². The number of ether oxygens (including phenoxy) is 1. The van der Waals surface area contributed by atoms with Crippen molar-refractivity contribution in [3.05, 3.63) is 0 Å². The van der Waals surface area contributed by atoms with Gasteiger partial charge in [0.2, 0.25) is 5.91 Å². The van der Waals surface area contributed by atoms with Crippen LogP contribution in [0.4, 0.5) is 0 Å². The molecule has 178 valence electrons. The Labute approximate surface area is 193 Å². The Kier molecular flexibility index (Phi) is 10.7. The molecule has 2 saturated heterocycles. The van der Waals surface area contributed by atoms with E-state index in [1.54, 1.807) is 0 Å². The highest BCUT2D eigenvalue weighted by Crippen LogP contribution is 2.45. The first-order chi connectivity index (χ1) is 14.8. The molecule has 0 aromatic heterocycles. The van der Waals surface area contributed by atoms with Crippen molar-refractivity contribution in [2.75, 3.05) is 13.1 Å². The smallest absolute Gasteiger partial charge is 0.303 e. The van der Waals surface area contributed by atoms with Gasteiger partial charge in [-0.25, -0.2) is 0 Å². The average molecular weight is 455 g/mol. The number of unbranched alkanes of at least 4 members (excludes halogenated alkanes) is 5. The number of carbonyl (C=O) groups excluding carboxylic acids is 1. The maximum atomic E-state index is 12.9. The van der Waals surface area contributed by atoms with Crippen LogP contribution in [-0.4, -0.2) is 47.3 Å². The molecule has 4 unspecified atom stereocenters. The number of carboxylic acids is 1. The Morgan fingerprint density at radius 2 is 1.68 bits per heavy atom. The summed E-state index contributed by atoms with van der Waals surface area (Å²) in [6, 6.07) is 0. The summed E-state index contributed by atoms with van der Waals surface area (Å²) in [6.07, 6.45) is 11.4. The lowest BCUT2D eigenvalue weighted by molar-refractivity contribution is -0.137. The Morgan fingerprint density at radius 3 is 2.35 bits per heavy atom. The molecule has 2 aliphatic rings. The van der Waals surface area contributed by atoms with Gasteiger partial charge in [-0.15, -0.1) is 0 Å². The van der Waals surface area contributed by atoms with Crippen LogP contribution >= 0.6 is 12.2 Å². The van der Waals surface area contributed by atoms with Gasteiger partial charge in [-0.05, 0) is 51.9 Å². The lowest BCUT2D eigenvalue weighted by Gasteiger charge is -2.30. The maximum Gasteiger partial charge on any atom is 0.303 e. The first-order valence-corrected chi connectivity index (χ1v) is 12.6. The summed E-state index contributed by atoms with van der Waals surface area (Å²) in [6.45, 7) is 7.42. The molecule has 2 heterocycles. The van der Waals surface area contributed by atoms with E-state index >= 15 is 0 Å². The van der Waals surface area contributed by atoms with E-state index in [0.717, 1.165) is 70.8 Å². The van der Waals surface area contributed by atoms with Crippen molar-refractivity contribution in [2.45, 2.75) is 104 Å². The number of amides is 1. The molecule has 2 bridgehead atoms. The molecule has 0 spiro atoms. The van der Waals surface area contributed by atoms with Gasteiger partial charge < -0.3 is 20.5 Å². The normalized spacial score (nSPS) is 24.9. The van der Waals surface area contributed by atoms with Crippen LogP contribution in [0.2, 0.25) is 0 Å². The molecular weight excluding hydrogens is 412 g/mol. The van der Waals surface area contributed by atoms with E-state index in [9.17, 15) is 9.59 Å². The zero-order valence-corrected chi connectivity index (χ0v) is 20.4. The highest BCUT2D eigenvalue weighted by atomic mass is 32.1. The Bertz CT molecular complexity index is 610. The highest BCUT2D eigenvalue weighted by molar-refractivity contribution is 7.80. The van der Waals surface area contributed by atoms with E-state index < -0.39 is 11.4 Å². The molecule has 1 amide bonds. The van der Waals surface area contributed by atoms with Crippen LogP contribution in [-0.2, 0) is 14.3 Å². The molecule has 2 aliphatic heterocycles. The van der Waals surface area contributed by atoms with Crippen molar-refractivity contribution in [1.82, 2.24) is 10.6 Å². The van der Waals surface area contributed by atoms with E-state index in [2.05, 4.69) is 17.6 Å². The molecule has 7 heteroatoms. The largest absolute Gasteiger partial charge is 0.481 e. The van der Waals surface area contributed by atoms with Crippen LogP contribution in [0.1, 0.15) is 91.4 Å². The van der Waals surface area contributed by atoms with E-state index in [1.807, 2.05) is 13.8 Å². The number of fused-ring (bicyclic) bond motifs is 2. The summed E-state index contributed by atoms with van der Waals surface area (Å²) in [5, 5.41) is 15.2. The molecule has 4 atom stereocenters. The second-order valence-corrected chi connectivity index (χ2v) is 10.2. The van der Waals surface area contributed by atoms with Gasteiger partial charge in [-0.3, -0.25) is 9.59 Å². The van der Waals surface area contributed by atoms with Crippen LogP contribution in [0.3, 0.4) is 0 Å². The lowest BCUT2D eigenvalue weighted by Crippen LogP contribution is -2.49. The lowest BCUT2D eigenvalue weighted by atomic mass is 9.76. The monoisotopic (exact) mass is 454 g/mol. The minimum atomic E-state index is -0.723. The molecular formula is C24H42N2O4S. The fourth-order valence-corrected chi connectivity index (χ4v) is 5.09. The molecule has 31 heavy (non-hydrogen) atoms. The van der Waals surface area contributed by atoms with E-state index in [0.29, 0.717) is 29.5 Å². The first-order valence-electron chi connectivity index (χ1n) is 12.2. The number of carboxylic acid groups (broad SMARTS) is 1. The number of hydrogen-bond acceptors (Lipinski definition) is 4. The summed E-state index contributed by atoms with van der Waals surface area (Å²) in [5.41, 5.74) is -0.723. The van der Waals surface area contributed by atoms with Crippen molar-refractivity contribution in [2.24, 2.45) is 17.3 Å². The quantitative estimate of drug-likeness (QED) is 0.250. The van der Waals surface area contributed by atoms with Crippen molar-refractivity contribution in [3.8, 4) is 0 Å². The van der Waals surface area contributed by atoms with Gasteiger partial charge in [0, 0.05) is 25.4 Å². The van der Waals surface area contributed by atoms with Crippen molar-refractivity contribution in [3.63, 3.8) is 0 Å². The van der Waals surface area contributed by atoms with Gasteiger partial charge in [0.15, 0.2) is 0 Å².